The van der Waals surface area contributed by atoms with Gasteiger partial charge >= 0.3 is 0 Å². The van der Waals surface area contributed by atoms with Gasteiger partial charge in [0, 0.05) is 5.56 Å². The van der Waals surface area contributed by atoms with E-state index in [-0.39, 0.29) is 15.7 Å². The van der Waals surface area contributed by atoms with E-state index in [1.54, 1.807) is 18.2 Å². The molecule has 0 amide bonds. The number of rotatable bonds is 2. The molecule has 0 heterocycles. The van der Waals surface area contributed by atoms with E-state index in [4.69, 9.17) is 11.6 Å². The van der Waals surface area contributed by atoms with Crippen LogP contribution in [0.5, 0.6) is 0 Å². The third kappa shape index (κ3) is 2.60. The summed E-state index contributed by atoms with van der Waals surface area (Å²) in [6.45, 7) is 4.07. The van der Waals surface area contributed by atoms with Crippen LogP contribution in [0.15, 0.2) is 36.4 Å². The van der Waals surface area contributed by atoms with Crippen LogP contribution in [0.25, 0.3) is 0 Å². The third-order valence-corrected chi connectivity index (χ3v) is 4.23. The Morgan fingerprint density at radius 2 is 1.83 bits per heavy atom. The SMILES string of the molecule is Cc1ccc(C(Br)c2cccc(Cl)c2F)c(C)c1. The molecule has 0 saturated carbocycles. The molecule has 0 radical (unpaired) electrons. The van der Waals surface area contributed by atoms with E-state index in [2.05, 4.69) is 22.0 Å². The van der Waals surface area contributed by atoms with Gasteiger partial charge in [0.1, 0.15) is 5.82 Å². The first-order valence-electron chi connectivity index (χ1n) is 5.66. The van der Waals surface area contributed by atoms with E-state index in [1.807, 2.05) is 26.0 Å². The Balaban J connectivity index is 2.48. The fraction of sp³-hybridized carbons (Fsp3) is 0.200. The van der Waals surface area contributed by atoms with Gasteiger partial charge in [0.15, 0.2) is 0 Å². The molecule has 0 N–H and O–H groups in total. The van der Waals surface area contributed by atoms with E-state index in [0.717, 1.165) is 11.1 Å². The molecule has 2 rings (SSSR count). The van der Waals surface area contributed by atoms with E-state index in [1.165, 1.54) is 5.56 Å². The summed E-state index contributed by atoms with van der Waals surface area (Å²) in [5.74, 6) is -0.360. The molecule has 0 aliphatic heterocycles. The molecule has 0 aliphatic carbocycles. The molecule has 0 bridgehead atoms. The van der Waals surface area contributed by atoms with E-state index in [9.17, 15) is 4.39 Å². The van der Waals surface area contributed by atoms with Crippen molar-refractivity contribution in [2.45, 2.75) is 18.7 Å². The molecule has 1 atom stereocenters. The lowest BCUT2D eigenvalue weighted by atomic mass is 9.98. The lowest BCUT2D eigenvalue weighted by Gasteiger charge is -2.15. The van der Waals surface area contributed by atoms with Crippen molar-refractivity contribution in [3.8, 4) is 0 Å². The summed E-state index contributed by atoms with van der Waals surface area (Å²) in [7, 11) is 0. The van der Waals surface area contributed by atoms with Gasteiger partial charge in [-0.25, -0.2) is 4.39 Å². The first-order valence-corrected chi connectivity index (χ1v) is 6.95. The second kappa shape index (κ2) is 5.41. The fourth-order valence-electron chi connectivity index (χ4n) is 1.99. The van der Waals surface area contributed by atoms with Crippen molar-refractivity contribution in [1.29, 1.82) is 0 Å². The van der Waals surface area contributed by atoms with Gasteiger partial charge < -0.3 is 0 Å². The molecule has 0 nitrogen and oxygen atoms in total. The fourth-order valence-corrected chi connectivity index (χ4v) is 3.04. The predicted molar refractivity (Wildman–Crippen MR) is 78.1 cm³/mol. The van der Waals surface area contributed by atoms with Crippen LogP contribution < -0.4 is 0 Å². The minimum atomic E-state index is -0.360. The summed E-state index contributed by atoms with van der Waals surface area (Å²) in [6.07, 6.45) is 0. The summed E-state index contributed by atoms with van der Waals surface area (Å²) in [4.78, 5) is -0.184. The van der Waals surface area contributed by atoms with Crippen molar-refractivity contribution in [2.24, 2.45) is 0 Å². The number of benzene rings is 2. The maximum atomic E-state index is 14.0. The molecular formula is C15H13BrClF. The Morgan fingerprint density at radius 1 is 1.11 bits per heavy atom. The van der Waals surface area contributed by atoms with Crippen molar-refractivity contribution in [1.82, 2.24) is 0 Å². The summed E-state index contributed by atoms with van der Waals surface area (Å²) < 4.78 is 14.0. The summed E-state index contributed by atoms with van der Waals surface area (Å²) in [5, 5.41) is 0.154. The van der Waals surface area contributed by atoms with Crippen LogP contribution in [0.3, 0.4) is 0 Å². The zero-order valence-corrected chi connectivity index (χ0v) is 12.5. The van der Waals surface area contributed by atoms with Crippen LogP contribution in [-0.2, 0) is 0 Å². The topological polar surface area (TPSA) is 0 Å². The van der Waals surface area contributed by atoms with Gasteiger partial charge in [-0.15, -0.1) is 0 Å². The summed E-state index contributed by atoms with van der Waals surface area (Å²) in [5.41, 5.74) is 3.95. The lowest BCUT2D eigenvalue weighted by molar-refractivity contribution is 0.614. The van der Waals surface area contributed by atoms with E-state index >= 15 is 0 Å². The van der Waals surface area contributed by atoms with Crippen LogP contribution in [0.1, 0.15) is 27.1 Å². The van der Waals surface area contributed by atoms with Gasteiger partial charge in [-0.2, -0.15) is 0 Å². The van der Waals surface area contributed by atoms with Crippen molar-refractivity contribution >= 4 is 27.5 Å². The largest absolute Gasteiger partial charge is 0.205 e. The summed E-state index contributed by atoms with van der Waals surface area (Å²) >= 11 is 9.37. The lowest BCUT2D eigenvalue weighted by Crippen LogP contribution is -1.99. The van der Waals surface area contributed by atoms with Gasteiger partial charge in [-0.1, -0.05) is 63.4 Å². The molecule has 2 aromatic rings. The number of hydrogen-bond donors (Lipinski definition) is 0. The molecule has 18 heavy (non-hydrogen) atoms. The maximum absolute atomic E-state index is 14.0. The van der Waals surface area contributed by atoms with Crippen molar-refractivity contribution in [2.75, 3.05) is 0 Å². The highest BCUT2D eigenvalue weighted by atomic mass is 79.9. The van der Waals surface area contributed by atoms with Crippen LogP contribution >= 0.6 is 27.5 Å². The monoisotopic (exact) mass is 326 g/mol. The minimum absolute atomic E-state index is 0.154. The average molecular weight is 328 g/mol. The van der Waals surface area contributed by atoms with Gasteiger partial charge in [0.2, 0.25) is 0 Å². The molecule has 0 aliphatic rings. The van der Waals surface area contributed by atoms with Gasteiger partial charge in [0.05, 0.1) is 9.85 Å². The summed E-state index contributed by atoms with van der Waals surface area (Å²) in [6, 6.07) is 11.2. The highest BCUT2D eigenvalue weighted by molar-refractivity contribution is 9.09. The normalized spacial score (nSPS) is 12.5. The average Bonchev–Trinajstić information content (AvgIpc) is 2.32. The molecule has 0 aromatic heterocycles. The van der Waals surface area contributed by atoms with Crippen LogP contribution in [0.2, 0.25) is 5.02 Å². The van der Waals surface area contributed by atoms with E-state index < -0.39 is 0 Å². The van der Waals surface area contributed by atoms with Crippen molar-refractivity contribution in [3.63, 3.8) is 0 Å². The van der Waals surface area contributed by atoms with Gasteiger partial charge in [-0.05, 0) is 31.0 Å². The Hall–Kier alpha value is -0.860. The highest BCUT2D eigenvalue weighted by Crippen LogP contribution is 2.36. The molecule has 1 unspecified atom stereocenters. The molecule has 0 spiro atoms. The number of aryl methyl sites for hydroxylation is 2. The van der Waals surface area contributed by atoms with Crippen molar-refractivity contribution in [3.05, 3.63) is 69.5 Å². The van der Waals surface area contributed by atoms with E-state index in [0.29, 0.717) is 5.56 Å². The quantitative estimate of drug-likeness (QED) is 0.632. The first-order chi connectivity index (χ1) is 8.50. The zero-order chi connectivity index (χ0) is 13.3. The van der Waals surface area contributed by atoms with Gasteiger partial charge in [0.25, 0.3) is 0 Å². The predicted octanol–water partition coefficient (Wildman–Crippen LogP) is 5.58. The van der Waals surface area contributed by atoms with Crippen LogP contribution in [-0.4, -0.2) is 0 Å². The Kier molecular flexibility index (Phi) is 4.08. The Morgan fingerprint density at radius 3 is 2.50 bits per heavy atom. The number of halogens is 3. The standard InChI is InChI=1S/C15H13BrClF/c1-9-6-7-11(10(2)8-9)14(16)12-4-3-5-13(17)15(12)18/h3-8,14H,1-2H3. The molecule has 94 valence electrons. The van der Waals surface area contributed by atoms with Crippen molar-refractivity contribution < 1.29 is 4.39 Å². The molecule has 3 heteroatoms. The van der Waals surface area contributed by atoms with Crippen LogP contribution in [0.4, 0.5) is 4.39 Å². The zero-order valence-electron chi connectivity index (χ0n) is 10.2. The third-order valence-electron chi connectivity index (χ3n) is 2.95. The second-order valence-corrected chi connectivity index (χ2v) is 5.69. The number of alkyl halides is 1. The second-order valence-electron chi connectivity index (χ2n) is 4.37. The van der Waals surface area contributed by atoms with Crippen LogP contribution in [0, 0.1) is 19.7 Å². The molecule has 0 saturated heterocycles. The minimum Gasteiger partial charge on any atom is -0.205 e. The van der Waals surface area contributed by atoms with Gasteiger partial charge in [-0.3, -0.25) is 0 Å². The Bertz CT molecular complexity index is 581. The highest BCUT2D eigenvalue weighted by Gasteiger charge is 2.18. The number of hydrogen-bond acceptors (Lipinski definition) is 0. The first kappa shape index (κ1) is 13.6. The smallest absolute Gasteiger partial charge is 0.146 e. The molecular weight excluding hydrogens is 315 g/mol. The Labute approximate surface area is 120 Å². The maximum Gasteiger partial charge on any atom is 0.146 e. The molecule has 2 aromatic carbocycles. The molecule has 0 fully saturated rings.